The summed E-state index contributed by atoms with van der Waals surface area (Å²) >= 11 is -3.52. The van der Waals surface area contributed by atoms with E-state index in [0.29, 0.717) is 0 Å². The van der Waals surface area contributed by atoms with Crippen molar-refractivity contribution in [3.8, 4) is 0 Å². The summed E-state index contributed by atoms with van der Waals surface area (Å²) in [4.78, 5) is 0. The Bertz CT molecular complexity index is 247. The van der Waals surface area contributed by atoms with Crippen molar-refractivity contribution in [2.45, 2.75) is 0 Å². The molecule has 0 aliphatic carbocycles. The van der Waals surface area contributed by atoms with Crippen molar-refractivity contribution in [3.63, 3.8) is 0 Å². The molecule has 0 spiro atoms. The highest BCUT2D eigenvalue weighted by Gasteiger charge is 2.00. The van der Waals surface area contributed by atoms with E-state index >= 15 is 0 Å². The molecular formula is C8H12O6S2. The summed E-state index contributed by atoms with van der Waals surface area (Å²) in [6.45, 7) is 0.528. The third-order valence-corrected chi connectivity index (χ3v) is 2.69. The molecule has 0 N–H and O–H groups in total. The summed E-state index contributed by atoms with van der Waals surface area (Å²) in [5.74, 6) is 0. The van der Waals surface area contributed by atoms with Gasteiger partial charge in [-0.2, -0.15) is 8.42 Å². The van der Waals surface area contributed by atoms with Gasteiger partial charge in [-0.25, -0.2) is 0 Å². The highest BCUT2D eigenvalue weighted by atomic mass is 32.2. The smallest absolute Gasteiger partial charge is 0.264 e. The zero-order valence-electron chi connectivity index (χ0n) is 8.40. The van der Waals surface area contributed by atoms with E-state index in [1.54, 1.807) is 24.3 Å². The van der Waals surface area contributed by atoms with Crippen LogP contribution in [-0.2, 0) is 39.5 Å². The fraction of sp³-hybridized carbons (Fsp3) is 0.500. The Morgan fingerprint density at radius 3 is 1.12 bits per heavy atom. The van der Waals surface area contributed by atoms with Crippen molar-refractivity contribution in [2.24, 2.45) is 0 Å². The zero-order chi connectivity index (χ0) is 11.6. The molecule has 6 nitrogen and oxygen atoms in total. The van der Waals surface area contributed by atoms with Gasteiger partial charge in [0.2, 0.25) is 0 Å². The lowest BCUT2D eigenvalue weighted by atomic mass is 10.5. The predicted molar refractivity (Wildman–Crippen MR) is 58.4 cm³/mol. The van der Waals surface area contributed by atoms with E-state index in [1.807, 2.05) is 0 Å². The standard InChI is InChI=1S/C8H12O6S2/c9-15-11-5-1-2-6-12-16(10)14-8-4-3-7-13-15/h1-4H,5-8H2/b2-1-,4-3-. The van der Waals surface area contributed by atoms with Gasteiger partial charge in [0.15, 0.2) is 0 Å². The van der Waals surface area contributed by atoms with Gasteiger partial charge in [0.05, 0.1) is 26.4 Å². The summed E-state index contributed by atoms with van der Waals surface area (Å²) in [7, 11) is 0. The summed E-state index contributed by atoms with van der Waals surface area (Å²) in [5, 5.41) is 0. The molecule has 1 heterocycles. The second kappa shape index (κ2) is 8.74. The van der Waals surface area contributed by atoms with Gasteiger partial charge < -0.3 is 0 Å². The molecule has 0 saturated heterocycles. The Morgan fingerprint density at radius 2 is 0.875 bits per heavy atom. The molecular weight excluding hydrogens is 256 g/mol. The van der Waals surface area contributed by atoms with Crippen LogP contribution < -0.4 is 0 Å². The van der Waals surface area contributed by atoms with Crippen LogP contribution in [-0.4, -0.2) is 34.8 Å². The van der Waals surface area contributed by atoms with Crippen LogP contribution in [0.1, 0.15) is 0 Å². The van der Waals surface area contributed by atoms with Crippen molar-refractivity contribution in [2.75, 3.05) is 26.4 Å². The van der Waals surface area contributed by atoms with Crippen molar-refractivity contribution < 1.29 is 25.2 Å². The van der Waals surface area contributed by atoms with Crippen molar-refractivity contribution in [3.05, 3.63) is 24.3 Å². The summed E-state index contributed by atoms with van der Waals surface area (Å²) in [6, 6.07) is 0. The molecule has 0 aromatic carbocycles. The first-order chi connectivity index (χ1) is 7.79. The minimum Gasteiger partial charge on any atom is -0.264 e. The second-order valence-corrected chi connectivity index (χ2v) is 4.25. The maximum atomic E-state index is 11.0. The first kappa shape index (κ1) is 13.7. The van der Waals surface area contributed by atoms with Gasteiger partial charge in [-0.15, -0.1) is 0 Å². The average Bonchev–Trinajstić information content (AvgIpc) is 2.27. The van der Waals surface area contributed by atoms with E-state index in [-0.39, 0.29) is 26.4 Å². The lowest BCUT2D eigenvalue weighted by Crippen LogP contribution is -2.05. The van der Waals surface area contributed by atoms with Crippen LogP contribution in [0.2, 0.25) is 0 Å². The highest BCUT2D eigenvalue weighted by molar-refractivity contribution is 7.75. The molecule has 16 heavy (non-hydrogen) atoms. The third kappa shape index (κ3) is 6.99. The van der Waals surface area contributed by atoms with Crippen LogP contribution in [0, 0.1) is 0 Å². The Kier molecular flexibility index (Phi) is 7.47. The Hall–Kier alpha value is -0.380. The van der Waals surface area contributed by atoms with E-state index in [2.05, 4.69) is 0 Å². The quantitative estimate of drug-likeness (QED) is 0.590. The minimum absolute atomic E-state index is 0.132. The van der Waals surface area contributed by atoms with Gasteiger partial charge in [0.1, 0.15) is 0 Å². The van der Waals surface area contributed by atoms with Crippen LogP contribution >= 0.6 is 0 Å². The van der Waals surface area contributed by atoms with E-state index in [0.717, 1.165) is 0 Å². The first-order valence-corrected chi connectivity index (χ1v) is 6.45. The van der Waals surface area contributed by atoms with Crippen LogP contribution in [0.4, 0.5) is 0 Å². The molecule has 0 amide bonds. The lowest BCUT2D eigenvalue weighted by molar-refractivity contribution is 0.277. The molecule has 1 aliphatic rings. The van der Waals surface area contributed by atoms with E-state index in [4.69, 9.17) is 16.7 Å². The van der Waals surface area contributed by atoms with Crippen LogP contribution in [0.15, 0.2) is 24.3 Å². The van der Waals surface area contributed by atoms with Gasteiger partial charge in [-0.1, -0.05) is 24.3 Å². The molecule has 0 aromatic heterocycles. The Morgan fingerprint density at radius 1 is 0.625 bits per heavy atom. The normalized spacial score (nSPS) is 33.8. The molecule has 0 unspecified atom stereocenters. The van der Waals surface area contributed by atoms with Crippen LogP contribution in [0.25, 0.3) is 0 Å². The summed E-state index contributed by atoms with van der Waals surface area (Å²) in [6.07, 6.45) is 6.33. The van der Waals surface area contributed by atoms with Gasteiger partial charge in [0, 0.05) is 0 Å². The van der Waals surface area contributed by atoms with Crippen molar-refractivity contribution >= 4 is 22.7 Å². The molecule has 0 bridgehead atoms. The molecule has 0 aromatic rings. The molecule has 0 atom stereocenters. The fourth-order valence-corrected chi connectivity index (χ4v) is 1.61. The first-order valence-electron chi connectivity index (χ1n) is 4.45. The number of hydrogen-bond acceptors (Lipinski definition) is 6. The molecule has 1 aliphatic heterocycles. The largest absolute Gasteiger partial charge is 0.305 e. The van der Waals surface area contributed by atoms with Gasteiger partial charge >= 0.3 is 22.7 Å². The summed E-state index contributed by atoms with van der Waals surface area (Å²) in [5.41, 5.74) is 0. The van der Waals surface area contributed by atoms with E-state index in [9.17, 15) is 8.42 Å². The Labute approximate surface area is 98.9 Å². The predicted octanol–water partition coefficient (Wildman–Crippen LogP) is 0.336. The maximum absolute atomic E-state index is 11.0. The minimum atomic E-state index is -1.76. The SMILES string of the molecule is O=S1OC/C=C\COS(=O)OC/C=C\CO1. The van der Waals surface area contributed by atoms with Gasteiger partial charge in [-0.05, 0) is 0 Å². The number of rotatable bonds is 0. The average molecular weight is 268 g/mol. The fourth-order valence-electron chi connectivity index (χ4n) is 0.720. The maximum Gasteiger partial charge on any atom is 0.305 e. The highest BCUT2D eigenvalue weighted by Crippen LogP contribution is 1.94. The molecule has 92 valence electrons. The zero-order valence-corrected chi connectivity index (χ0v) is 10.0. The van der Waals surface area contributed by atoms with E-state index in [1.165, 1.54) is 0 Å². The molecule has 1 rings (SSSR count). The van der Waals surface area contributed by atoms with Gasteiger partial charge in [0.25, 0.3) is 0 Å². The number of hydrogen-bond donors (Lipinski definition) is 0. The third-order valence-electron chi connectivity index (χ3n) is 1.38. The molecule has 0 fully saturated rings. The lowest BCUT2D eigenvalue weighted by Gasteiger charge is -2.01. The monoisotopic (exact) mass is 268 g/mol. The Balaban J connectivity index is 2.40. The van der Waals surface area contributed by atoms with Crippen molar-refractivity contribution in [1.82, 2.24) is 0 Å². The topological polar surface area (TPSA) is 71.1 Å². The second-order valence-electron chi connectivity index (χ2n) is 2.49. The van der Waals surface area contributed by atoms with Gasteiger partial charge in [-0.3, -0.25) is 16.7 Å². The molecule has 0 radical (unpaired) electrons. The summed E-state index contributed by atoms with van der Waals surface area (Å²) < 4.78 is 41.1. The molecule has 8 heteroatoms. The molecule has 0 saturated carbocycles. The van der Waals surface area contributed by atoms with Crippen molar-refractivity contribution in [1.29, 1.82) is 0 Å². The van der Waals surface area contributed by atoms with Crippen LogP contribution in [0.3, 0.4) is 0 Å². The van der Waals surface area contributed by atoms with E-state index < -0.39 is 22.7 Å². The van der Waals surface area contributed by atoms with Crippen LogP contribution in [0.5, 0.6) is 0 Å².